The van der Waals surface area contributed by atoms with Gasteiger partial charge in [-0.15, -0.1) is 0 Å². The number of anilines is 1. The number of hydrogen-bond donors (Lipinski definition) is 1. The lowest BCUT2D eigenvalue weighted by Gasteiger charge is -2.13. The van der Waals surface area contributed by atoms with Gasteiger partial charge in [0.25, 0.3) is 5.69 Å². The first-order valence-corrected chi connectivity index (χ1v) is 5.52. The van der Waals surface area contributed by atoms with E-state index in [0.29, 0.717) is 4.41 Å². The molecule has 0 amide bonds. The van der Waals surface area contributed by atoms with E-state index in [0.717, 1.165) is 24.6 Å². The zero-order valence-electron chi connectivity index (χ0n) is 7.69. The number of sulfonamides is 1. The SMILES string of the molecule is CS(=O)(=O)N(N)c1ccc([N+](=O)[O-])cn1. The number of hydrazine groups is 1. The Labute approximate surface area is 85.5 Å². The Bertz CT molecular complexity index is 468. The molecule has 0 radical (unpaired) electrons. The molecule has 0 atom stereocenters. The summed E-state index contributed by atoms with van der Waals surface area (Å²) in [6.45, 7) is 0. The molecule has 0 unspecified atom stereocenters. The molecule has 9 heteroatoms. The van der Waals surface area contributed by atoms with E-state index in [1.165, 1.54) is 0 Å². The van der Waals surface area contributed by atoms with Crippen molar-refractivity contribution in [2.75, 3.05) is 10.7 Å². The molecule has 1 heterocycles. The molecule has 0 aromatic carbocycles. The molecule has 0 aliphatic rings. The van der Waals surface area contributed by atoms with Crippen molar-refractivity contribution < 1.29 is 13.3 Å². The zero-order valence-corrected chi connectivity index (χ0v) is 8.51. The molecule has 1 rings (SSSR count). The van der Waals surface area contributed by atoms with Gasteiger partial charge in [-0.3, -0.25) is 10.1 Å². The van der Waals surface area contributed by atoms with Crippen LogP contribution in [-0.4, -0.2) is 24.6 Å². The lowest BCUT2D eigenvalue weighted by Crippen LogP contribution is -2.37. The second-order valence-corrected chi connectivity index (χ2v) is 4.55. The maximum Gasteiger partial charge on any atom is 0.287 e. The molecule has 15 heavy (non-hydrogen) atoms. The maximum absolute atomic E-state index is 11.0. The summed E-state index contributed by atoms with van der Waals surface area (Å²) in [5.41, 5.74) is -0.236. The Morgan fingerprint density at radius 2 is 2.13 bits per heavy atom. The van der Waals surface area contributed by atoms with Crippen LogP contribution in [0.1, 0.15) is 0 Å². The van der Waals surface area contributed by atoms with E-state index in [9.17, 15) is 18.5 Å². The van der Waals surface area contributed by atoms with Crippen molar-refractivity contribution in [1.82, 2.24) is 4.98 Å². The van der Waals surface area contributed by atoms with E-state index < -0.39 is 14.9 Å². The fraction of sp³-hybridized carbons (Fsp3) is 0.167. The second kappa shape index (κ2) is 3.79. The highest BCUT2D eigenvalue weighted by atomic mass is 32.2. The number of nitrogens with zero attached hydrogens (tertiary/aromatic N) is 3. The Kier molecular flexibility index (Phi) is 2.86. The van der Waals surface area contributed by atoms with Gasteiger partial charge in [0.15, 0.2) is 5.82 Å². The van der Waals surface area contributed by atoms with Gasteiger partial charge in [0.05, 0.1) is 11.2 Å². The fourth-order valence-electron chi connectivity index (χ4n) is 0.787. The summed E-state index contributed by atoms with van der Waals surface area (Å²) in [6.07, 6.45) is 1.83. The van der Waals surface area contributed by atoms with E-state index >= 15 is 0 Å². The van der Waals surface area contributed by atoms with Gasteiger partial charge < -0.3 is 0 Å². The topological polar surface area (TPSA) is 119 Å². The van der Waals surface area contributed by atoms with E-state index in [1.54, 1.807) is 0 Å². The Morgan fingerprint density at radius 1 is 1.53 bits per heavy atom. The molecule has 0 fully saturated rings. The van der Waals surface area contributed by atoms with Crippen LogP contribution >= 0.6 is 0 Å². The van der Waals surface area contributed by atoms with Gasteiger partial charge >= 0.3 is 0 Å². The summed E-state index contributed by atoms with van der Waals surface area (Å²) in [6, 6.07) is 2.27. The number of nitrogens with two attached hydrogens (primary N) is 1. The van der Waals surface area contributed by atoms with Gasteiger partial charge in [-0.25, -0.2) is 19.2 Å². The van der Waals surface area contributed by atoms with Crippen LogP contribution in [0.5, 0.6) is 0 Å². The number of nitro groups is 1. The van der Waals surface area contributed by atoms with Crippen molar-refractivity contribution in [2.45, 2.75) is 0 Å². The largest absolute Gasteiger partial charge is 0.287 e. The Balaban J connectivity index is 3.05. The minimum Gasteiger partial charge on any atom is -0.258 e. The third-order valence-electron chi connectivity index (χ3n) is 1.53. The molecular weight excluding hydrogens is 224 g/mol. The van der Waals surface area contributed by atoms with E-state index in [4.69, 9.17) is 5.84 Å². The van der Waals surface area contributed by atoms with Gasteiger partial charge in [-0.1, -0.05) is 0 Å². The lowest BCUT2D eigenvalue weighted by molar-refractivity contribution is -0.385. The van der Waals surface area contributed by atoms with Crippen LogP contribution in [-0.2, 0) is 10.0 Å². The number of pyridine rings is 1. The number of rotatable bonds is 3. The van der Waals surface area contributed by atoms with Crippen LogP contribution < -0.4 is 10.3 Å². The maximum atomic E-state index is 11.0. The average Bonchev–Trinajstić information content (AvgIpc) is 2.15. The highest BCUT2D eigenvalue weighted by molar-refractivity contribution is 7.92. The second-order valence-electron chi connectivity index (χ2n) is 2.69. The smallest absolute Gasteiger partial charge is 0.258 e. The molecule has 0 aliphatic heterocycles. The number of hydrogen-bond acceptors (Lipinski definition) is 6. The first-order valence-electron chi connectivity index (χ1n) is 3.68. The molecule has 0 bridgehead atoms. The van der Waals surface area contributed by atoms with Crippen LogP contribution in [0.2, 0.25) is 0 Å². The molecule has 2 N–H and O–H groups in total. The molecule has 8 nitrogen and oxygen atoms in total. The molecule has 0 saturated heterocycles. The van der Waals surface area contributed by atoms with Crippen molar-refractivity contribution in [2.24, 2.45) is 5.84 Å². The van der Waals surface area contributed by atoms with E-state index in [2.05, 4.69) is 4.98 Å². The van der Waals surface area contributed by atoms with Crippen LogP contribution in [0.4, 0.5) is 11.5 Å². The summed E-state index contributed by atoms with van der Waals surface area (Å²) < 4.78 is 22.4. The first kappa shape index (κ1) is 11.3. The van der Waals surface area contributed by atoms with Crippen LogP contribution in [0.25, 0.3) is 0 Å². The Morgan fingerprint density at radius 3 is 2.47 bits per heavy atom. The third kappa shape index (κ3) is 2.60. The minimum atomic E-state index is -3.61. The molecule has 1 aromatic heterocycles. The fourth-order valence-corrected chi connectivity index (χ4v) is 1.23. The average molecular weight is 232 g/mol. The van der Waals surface area contributed by atoms with Crippen molar-refractivity contribution in [1.29, 1.82) is 0 Å². The monoisotopic (exact) mass is 232 g/mol. The van der Waals surface area contributed by atoms with Crippen LogP contribution in [0, 0.1) is 10.1 Å². The van der Waals surface area contributed by atoms with Crippen molar-refractivity contribution >= 4 is 21.5 Å². The van der Waals surface area contributed by atoms with E-state index in [1.807, 2.05) is 0 Å². The van der Waals surface area contributed by atoms with E-state index in [-0.39, 0.29) is 11.5 Å². The molecule has 1 aromatic rings. The molecular formula is C6H8N4O4S. The summed E-state index contributed by atoms with van der Waals surface area (Å²) in [5, 5.41) is 10.3. The molecule has 82 valence electrons. The molecule has 0 spiro atoms. The molecule has 0 saturated carbocycles. The lowest BCUT2D eigenvalue weighted by atomic mass is 10.4. The summed E-state index contributed by atoms with van der Waals surface area (Å²) >= 11 is 0. The minimum absolute atomic E-state index is 0.0805. The van der Waals surface area contributed by atoms with Crippen LogP contribution in [0.3, 0.4) is 0 Å². The highest BCUT2D eigenvalue weighted by Crippen LogP contribution is 2.14. The zero-order chi connectivity index (χ0) is 11.6. The Hall–Kier alpha value is -1.74. The van der Waals surface area contributed by atoms with Gasteiger partial charge in [0, 0.05) is 6.07 Å². The standard InChI is InChI=1S/C6H8N4O4S/c1-15(13,14)9(7)6-3-2-5(4-8-6)10(11)12/h2-4H,7H2,1H3. The number of aromatic nitrogens is 1. The third-order valence-corrected chi connectivity index (χ3v) is 2.43. The predicted octanol–water partition coefficient (Wildman–Crippen LogP) is -0.371. The summed E-state index contributed by atoms with van der Waals surface area (Å²) in [7, 11) is -3.61. The van der Waals surface area contributed by atoms with Crippen molar-refractivity contribution in [3.05, 3.63) is 28.4 Å². The van der Waals surface area contributed by atoms with Gasteiger partial charge in [0.1, 0.15) is 6.20 Å². The van der Waals surface area contributed by atoms with Crippen molar-refractivity contribution in [3.8, 4) is 0 Å². The van der Waals surface area contributed by atoms with Gasteiger partial charge in [-0.2, -0.15) is 4.41 Å². The highest BCUT2D eigenvalue weighted by Gasteiger charge is 2.15. The quantitative estimate of drug-likeness (QED) is 0.431. The van der Waals surface area contributed by atoms with Gasteiger partial charge in [0.2, 0.25) is 10.0 Å². The summed E-state index contributed by atoms with van der Waals surface area (Å²) in [5.74, 6) is 5.13. The van der Waals surface area contributed by atoms with Crippen LogP contribution in [0.15, 0.2) is 18.3 Å². The molecule has 0 aliphatic carbocycles. The summed E-state index contributed by atoms with van der Waals surface area (Å²) in [4.78, 5) is 13.2. The van der Waals surface area contributed by atoms with Gasteiger partial charge in [-0.05, 0) is 6.07 Å². The predicted molar refractivity (Wildman–Crippen MR) is 52.4 cm³/mol. The normalized spacial score (nSPS) is 11.1. The van der Waals surface area contributed by atoms with Crippen molar-refractivity contribution in [3.63, 3.8) is 0 Å². The first-order chi connectivity index (χ1) is 6.82.